The largest absolute Gasteiger partial charge is 0.399 e. The summed E-state index contributed by atoms with van der Waals surface area (Å²) in [5.41, 5.74) is 11.9. The standard InChI is InChI=1S/C15H15BrN4S/c1-10(11-5-7-13(17)8-6-11)19-20-15(21)18-14-4-2-3-12(16)9-14/h2-9H,17H2,1H3,(H2,18,20,21)/b19-10-. The van der Waals surface area contributed by atoms with Gasteiger partial charge in [0, 0.05) is 15.8 Å². The van der Waals surface area contributed by atoms with Gasteiger partial charge in [-0.15, -0.1) is 0 Å². The van der Waals surface area contributed by atoms with Crippen LogP contribution in [0.3, 0.4) is 0 Å². The molecule has 0 aliphatic rings. The predicted octanol–water partition coefficient (Wildman–Crippen LogP) is 3.74. The number of hydrazone groups is 1. The van der Waals surface area contributed by atoms with Crippen molar-refractivity contribution in [2.24, 2.45) is 5.10 Å². The highest BCUT2D eigenvalue weighted by molar-refractivity contribution is 9.10. The van der Waals surface area contributed by atoms with Crippen LogP contribution >= 0.6 is 28.1 Å². The fourth-order valence-corrected chi connectivity index (χ4v) is 2.21. The highest BCUT2D eigenvalue weighted by Gasteiger charge is 1.99. The van der Waals surface area contributed by atoms with Crippen molar-refractivity contribution >= 4 is 50.3 Å². The Morgan fingerprint density at radius 2 is 1.90 bits per heavy atom. The Balaban J connectivity index is 1.96. The summed E-state index contributed by atoms with van der Waals surface area (Å²) in [4.78, 5) is 0. The lowest BCUT2D eigenvalue weighted by Gasteiger charge is -2.08. The molecule has 0 saturated carbocycles. The quantitative estimate of drug-likeness (QED) is 0.337. The molecule has 0 bridgehead atoms. The zero-order chi connectivity index (χ0) is 15.2. The number of nitrogen functional groups attached to an aromatic ring is 1. The van der Waals surface area contributed by atoms with Gasteiger partial charge in [-0.25, -0.2) is 0 Å². The average molecular weight is 363 g/mol. The second-order valence-corrected chi connectivity index (χ2v) is 5.72. The zero-order valence-electron chi connectivity index (χ0n) is 11.4. The van der Waals surface area contributed by atoms with E-state index in [9.17, 15) is 0 Å². The molecule has 0 spiro atoms. The number of nitrogens with two attached hydrogens (primary N) is 1. The van der Waals surface area contributed by atoms with E-state index in [4.69, 9.17) is 18.0 Å². The number of nitrogens with one attached hydrogen (secondary N) is 2. The van der Waals surface area contributed by atoms with Crippen LogP contribution in [0.2, 0.25) is 0 Å². The van der Waals surface area contributed by atoms with E-state index < -0.39 is 0 Å². The van der Waals surface area contributed by atoms with Gasteiger partial charge in [0.05, 0.1) is 5.71 Å². The number of hydrogen-bond acceptors (Lipinski definition) is 3. The summed E-state index contributed by atoms with van der Waals surface area (Å²) in [6, 6.07) is 15.3. The molecule has 0 atom stereocenters. The van der Waals surface area contributed by atoms with Crippen LogP contribution in [0.15, 0.2) is 58.1 Å². The Kier molecular flexibility index (Phi) is 5.30. The van der Waals surface area contributed by atoms with Crippen LogP contribution in [0.4, 0.5) is 11.4 Å². The normalized spacial score (nSPS) is 11.0. The van der Waals surface area contributed by atoms with E-state index in [0.717, 1.165) is 27.1 Å². The number of thiocarbonyl (C=S) groups is 1. The van der Waals surface area contributed by atoms with Gasteiger partial charge in [0.1, 0.15) is 0 Å². The molecule has 0 amide bonds. The molecule has 2 rings (SSSR count). The third kappa shape index (κ3) is 4.84. The Labute approximate surface area is 137 Å². The fraction of sp³-hybridized carbons (Fsp3) is 0.0667. The van der Waals surface area contributed by atoms with Gasteiger partial charge < -0.3 is 11.1 Å². The summed E-state index contributed by atoms with van der Waals surface area (Å²) in [6.45, 7) is 1.90. The highest BCUT2D eigenvalue weighted by Crippen LogP contribution is 2.15. The molecule has 4 nitrogen and oxygen atoms in total. The van der Waals surface area contributed by atoms with Gasteiger partial charge in [0.2, 0.25) is 0 Å². The average Bonchev–Trinajstić information content (AvgIpc) is 2.45. The molecule has 2 aromatic carbocycles. The second kappa shape index (κ2) is 7.19. The molecule has 0 fully saturated rings. The van der Waals surface area contributed by atoms with Crippen molar-refractivity contribution in [1.29, 1.82) is 0 Å². The lowest BCUT2D eigenvalue weighted by molar-refractivity contribution is 1.04. The molecule has 0 unspecified atom stereocenters. The molecule has 6 heteroatoms. The maximum absolute atomic E-state index is 5.66. The summed E-state index contributed by atoms with van der Waals surface area (Å²) in [6.07, 6.45) is 0. The first kappa shape index (κ1) is 15.5. The SMILES string of the molecule is C/C(=N/NC(=S)Nc1cccc(Br)c1)c1ccc(N)cc1. The van der Waals surface area contributed by atoms with E-state index in [1.54, 1.807) is 0 Å². The number of benzene rings is 2. The van der Waals surface area contributed by atoms with Gasteiger partial charge >= 0.3 is 0 Å². The van der Waals surface area contributed by atoms with Crippen molar-refractivity contribution < 1.29 is 0 Å². The minimum absolute atomic E-state index is 0.433. The summed E-state index contributed by atoms with van der Waals surface area (Å²) in [7, 11) is 0. The van der Waals surface area contributed by atoms with E-state index >= 15 is 0 Å². The maximum atomic E-state index is 5.66. The van der Waals surface area contributed by atoms with Crippen molar-refractivity contribution in [3.05, 3.63) is 58.6 Å². The third-order valence-corrected chi connectivity index (χ3v) is 3.42. The van der Waals surface area contributed by atoms with Crippen LogP contribution in [-0.4, -0.2) is 10.8 Å². The minimum Gasteiger partial charge on any atom is -0.399 e. The molecule has 0 aromatic heterocycles. The van der Waals surface area contributed by atoms with Gasteiger partial charge in [-0.2, -0.15) is 5.10 Å². The number of halogens is 1. The Morgan fingerprint density at radius 3 is 2.57 bits per heavy atom. The third-order valence-electron chi connectivity index (χ3n) is 2.74. The maximum Gasteiger partial charge on any atom is 0.191 e. The topological polar surface area (TPSA) is 62.4 Å². The van der Waals surface area contributed by atoms with Crippen molar-refractivity contribution in [1.82, 2.24) is 5.43 Å². The molecular weight excluding hydrogens is 348 g/mol. The fourth-order valence-electron chi connectivity index (χ4n) is 1.65. The molecule has 0 heterocycles. The minimum atomic E-state index is 0.433. The van der Waals surface area contributed by atoms with E-state index in [1.165, 1.54) is 0 Å². The van der Waals surface area contributed by atoms with Crippen LogP contribution < -0.4 is 16.5 Å². The monoisotopic (exact) mass is 362 g/mol. The summed E-state index contributed by atoms with van der Waals surface area (Å²) in [5.74, 6) is 0. The first-order valence-corrected chi connectivity index (χ1v) is 7.47. The first-order chi connectivity index (χ1) is 10.0. The molecule has 0 saturated heterocycles. The van der Waals surface area contributed by atoms with Gasteiger partial charge in [-0.1, -0.05) is 34.1 Å². The highest BCUT2D eigenvalue weighted by atomic mass is 79.9. The molecule has 4 N–H and O–H groups in total. The Hall–Kier alpha value is -1.92. The lowest BCUT2D eigenvalue weighted by Crippen LogP contribution is -2.24. The van der Waals surface area contributed by atoms with Crippen molar-refractivity contribution in [2.45, 2.75) is 6.92 Å². The van der Waals surface area contributed by atoms with Crippen molar-refractivity contribution in [3.8, 4) is 0 Å². The smallest absolute Gasteiger partial charge is 0.191 e. The van der Waals surface area contributed by atoms with E-state index in [2.05, 4.69) is 31.8 Å². The number of hydrogen-bond donors (Lipinski definition) is 3. The van der Waals surface area contributed by atoms with E-state index in [1.807, 2.05) is 55.5 Å². The van der Waals surface area contributed by atoms with Gasteiger partial charge in [0.15, 0.2) is 5.11 Å². The van der Waals surface area contributed by atoms with Crippen molar-refractivity contribution in [2.75, 3.05) is 11.1 Å². The predicted molar refractivity (Wildman–Crippen MR) is 96.6 cm³/mol. The van der Waals surface area contributed by atoms with Crippen LogP contribution in [0, 0.1) is 0 Å². The first-order valence-electron chi connectivity index (χ1n) is 6.27. The molecule has 21 heavy (non-hydrogen) atoms. The lowest BCUT2D eigenvalue weighted by atomic mass is 10.1. The van der Waals surface area contributed by atoms with Crippen molar-refractivity contribution in [3.63, 3.8) is 0 Å². The number of rotatable bonds is 3. The molecular formula is C15H15BrN4S. The number of nitrogens with zero attached hydrogens (tertiary/aromatic N) is 1. The summed E-state index contributed by atoms with van der Waals surface area (Å²) >= 11 is 8.61. The molecule has 0 aliphatic carbocycles. The van der Waals surface area contributed by atoms with E-state index in [0.29, 0.717) is 5.11 Å². The van der Waals surface area contributed by atoms with Crippen LogP contribution in [0.5, 0.6) is 0 Å². The van der Waals surface area contributed by atoms with Gasteiger partial charge in [-0.3, -0.25) is 5.43 Å². The Morgan fingerprint density at radius 1 is 1.19 bits per heavy atom. The Bertz CT molecular complexity index is 668. The molecule has 0 radical (unpaired) electrons. The van der Waals surface area contributed by atoms with Gasteiger partial charge in [-0.05, 0) is 55.0 Å². The zero-order valence-corrected chi connectivity index (χ0v) is 13.8. The van der Waals surface area contributed by atoms with Crippen LogP contribution in [0.1, 0.15) is 12.5 Å². The molecule has 0 aliphatic heterocycles. The molecule has 108 valence electrons. The second-order valence-electron chi connectivity index (χ2n) is 4.40. The van der Waals surface area contributed by atoms with Gasteiger partial charge in [0.25, 0.3) is 0 Å². The van der Waals surface area contributed by atoms with E-state index in [-0.39, 0.29) is 0 Å². The number of anilines is 2. The summed E-state index contributed by atoms with van der Waals surface area (Å²) in [5, 5.41) is 7.75. The summed E-state index contributed by atoms with van der Waals surface area (Å²) < 4.78 is 0.983. The van der Waals surface area contributed by atoms with Crippen LogP contribution in [-0.2, 0) is 0 Å². The molecule has 2 aromatic rings. The van der Waals surface area contributed by atoms with Crippen LogP contribution in [0.25, 0.3) is 0 Å².